The lowest BCUT2D eigenvalue weighted by atomic mass is 10.2. The van der Waals surface area contributed by atoms with Crippen molar-refractivity contribution in [3.05, 3.63) is 46.2 Å². The summed E-state index contributed by atoms with van der Waals surface area (Å²) in [7, 11) is 0. The molecule has 0 aliphatic carbocycles. The molecule has 1 aromatic carbocycles. The van der Waals surface area contributed by atoms with Gasteiger partial charge >= 0.3 is 0 Å². The van der Waals surface area contributed by atoms with E-state index in [1.54, 1.807) is 12.1 Å². The zero-order chi connectivity index (χ0) is 17.0. The summed E-state index contributed by atoms with van der Waals surface area (Å²) in [5.74, 6) is 0.564. The Morgan fingerprint density at radius 3 is 2.65 bits per heavy atom. The van der Waals surface area contributed by atoms with Gasteiger partial charge in [0.2, 0.25) is 5.95 Å². The zero-order valence-corrected chi connectivity index (χ0v) is 14.5. The highest BCUT2D eigenvalue weighted by atomic mass is 35.5. The van der Waals surface area contributed by atoms with Crippen LogP contribution in [0.15, 0.2) is 24.3 Å². The van der Waals surface area contributed by atoms with Gasteiger partial charge in [-0.15, -0.1) is 0 Å². The molecule has 0 fully saturated rings. The number of carbonyl (C=O) groups is 1. The Kier molecular flexibility index (Phi) is 5.55. The molecule has 0 aliphatic heterocycles. The van der Waals surface area contributed by atoms with Crippen molar-refractivity contribution >= 4 is 29.1 Å². The summed E-state index contributed by atoms with van der Waals surface area (Å²) >= 11 is 6.02. The van der Waals surface area contributed by atoms with Crippen molar-refractivity contribution in [2.24, 2.45) is 5.92 Å². The Hall–Kier alpha value is -2.14. The van der Waals surface area contributed by atoms with E-state index in [-0.39, 0.29) is 5.91 Å². The summed E-state index contributed by atoms with van der Waals surface area (Å²) in [6.07, 6.45) is 0. The highest BCUT2D eigenvalue weighted by Gasteiger charge is 2.11. The lowest BCUT2D eigenvalue weighted by molar-refractivity contribution is 0.0944. The Balaban J connectivity index is 2.23. The smallest absolute Gasteiger partial charge is 0.270 e. The van der Waals surface area contributed by atoms with Crippen LogP contribution in [-0.2, 0) is 0 Å². The first-order valence-corrected chi connectivity index (χ1v) is 7.90. The van der Waals surface area contributed by atoms with Crippen LogP contribution in [0.1, 0.15) is 35.6 Å². The molecule has 2 rings (SSSR count). The van der Waals surface area contributed by atoms with E-state index in [1.807, 2.05) is 39.8 Å². The molecule has 2 aromatic rings. The molecule has 5 nitrogen and oxygen atoms in total. The van der Waals surface area contributed by atoms with Crippen molar-refractivity contribution in [2.75, 3.05) is 11.9 Å². The summed E-state index contributed by atoms with van der Waals surface area (Å²) in [6, 6.07) is 7.22. The van der Waals surface area contributed by atoms with Crippen LogP contribution in [0.4, 0.5) is 11.6 Å². The van der Waals surface area contributed by atoms with Gasteiger partial charge in [0, 0.05) is 22.9 Å². The highest BCUT2D eigenvalue weighted by Crippen LogP contribution is 2.22. The number of halogens is 1. The summed E-state index contributed by atoms with van der Waals surface area (Å²) in [6.45, 7) is 8.49. The number of amides is 1. The summed E-state index contributed by atoms with van der Waals surface area (Å²) in [5.41, 5.74) is 2.90. The molecule has 0 radical (unpaired) electrons. The van der Waals surface area contributed by atoms with Crippen molar-refractivity contribution in [1.82, 2.24) is 15.3 Å². The number of nitrogens with zero attached hydrogens (tertiary/aromatic N) is 2. The monoisotopic (exact) mass is 332 g/mol. The number of nitrogens with one attached hydrogen (secondary N) is 2. The van der Waals surface area contributed by atoms with E-state index in [2.05, 4.69) is 20.6 Å². The van der Waals surface area contributed by atoms with Crippen LogP contribution >= 0.6 is 11.6 Å². The maximum Gasteiger partial charge on any atom is 0.270 e. The van der Waals surface area contributed by atoms with Gasteiger partial charge in [0.15, 0.2) is 0 Å². The van der Waals surface area contributed by atoms with Crippen LogP contribution in [0, 0.1) is 19.8 Å². The lowest BCUT2D eigenvalue weighted by Gasteiger charge is -2.11. The maximum absolute atomic E-state index is 12.2. The lowest BCUT2D eigenvalue weighted by Crippen LogP contribution is -2.28. The largest absolute Gasteiger partial charge is 0.350 e. The fraction of sp³-hybridized carbons (Fsp3) is 0.353. The molecule has 0 aliphatic rings. The number of rotatable bonds is 5. The zero-order valence-electron chi connectivity index (χ0n) is 13.8. The van der Waals surface area contributed by atoms with Gasteiger partial charge in [-0.1, -0.05) is 31.5 Å². The Bertz CT molecular complexity index is 716. The third kappa shape index (κ3) is 4.93. The maximum atomic E-state index is 12.2. The van der Waals surface area contributed by atoms with Gasteiger partial charge in [-0.3, -0.25) is 4.79 Å². The van der Waals surface area contributed by atoms with Gasteiger partial charge in [-0.25, -0.2) is 9.97 Å². The first-order chi connectivity index (χ1) is 10.8. The minimum Gasteiger partial charge on any atom is -0.350 e. The van der Waals surface area contributed by atoms with E-state index in [1.165, 1.54) is 0 Å². The van der Waals surface area contributed by atoms with Crippen LogP contribution in [0.2, 0.25) is 5.02 Å². The average molecular weight is 333 g/mol. The molecule has 2 N–H and O–H groups in total. The average Bonchev–Trinajstić information content (AvgIpc) is 2.48. The predicted octanol–water partition coefficient (Wildman–Crippen LogP) is 3.88. The molecule has 0 spiro atoms. The Morgan fingerprint density at radius 1 is 1.22 bits per heavy atom. The second kappa shape index (κ2) is 7.42. The second-order valence-electron chi connectivity index (χ2n) is 5.91. The van der Waals surface area contributed by atoms with Crippen molar-refractivity contribution in [2.45, 2.75) is 27.7 Å². The minimum atomic E-state index is -0.199. The normalized spacial score (nSPS) is 10.7. The van der Waals surface area contributed by atoms with Crippen molar-refractivity contribution < 1.29 is 4.79 Å². The number of aryl methyl sites for hydroxylation is 2. The van der Waals surface area contributed by atoms with Crippen molar-refractivity contribution in [3.63, 3.8) is 0 Å². The first-order valence-electron chi connectivity index (χ1n) is 7.52. The molecular formula is C17H21ClN4O. The van der Waals surface area contributed by atoms with Crippen molar-refractivity contribution in [3.8, 4) is 0 Å². The van der Waals surface area contributed by atoms with Gasteiger partial charge in [0.25, 0.3) is 5.91 Å². The molecule has 0 saturated heterocycles. The molecule has 6 heteroatoms. The van der Waals surface area contributed by atoms with E-state index < -0.39 is 0 Å². The highest BCUT2D eigenvalue weighted by molar-refractivity contribution is 6.30. The second-order valence-corrected chi connectivity index (χ2v) is 6.34. The van der Waals surface area contributed by atoms with Crippen LogP contribution in [0.25, 0.3) is 0 Å². The third-order valence-electron chi connectivity index (χ3n) is 3.20. The fourth-order valence-electron chi connectivity index (χ4n) is 1.98. The Labute approximate surface area is 141 Å². The minimum absolute atomic E-state index is 0.199. The van der Waals surface area contributed by atoms with E-state index in [9.17, 15) is 4.79 Å². The molecule has 1 amide bonds. The molecule has 1 heterocycles. The quantitative estimate of drug-likeness (QED) is 0.872. The van der Waals surface area contributed by atoms with Gasteiger partial charge in [0.1, 0.15) is 5.69 Å². The number of hydrogen-bond donors (Lipinski definition) is 2. The molecular weight excluding hydrogens is 312 g/mol. The molecule has 23 heavy (non-hydrogen) atoms. The van der Waals surface area contributed by atoms with Gasteiger partial charge in [-0.05, 0) is 43.5 Å². The summed E-state index contributed by atoms with van der Waals surface area (Å²) < 4.78 is 0. The van der Waals surface area contributed by atoms with Crippen LogP contribution in [0.5, 0.6) is 0 Å². The third-order valence-corrected chi connectivity index (χ3v) is 3.44. The Morgan fingerprint density at radius 2 is 1.96 bits per heavy atom. The predicted molar refractivity (Wildman–Crippen MR) is 93.4 cm³/mol. The number of hydrogen-bond acceptors (Lipinski definition) is 4. The van der Waals surface area contributed by atoms with Gasteiger partial charge < -0.3 is 10.6 Å². The van der Waals surface area contributed by atoms with E-state index in [0.717, 1.165) is 16.9 Å². The van der Waals surface area contributed by atoms with Crippen molar-refractivity contribution in [1.29, 1.82) is 0 Å². The summed E-state index contributed by atoms with van der Waals surface area (Å²) in [5, 5.41) is 6.61. The number of benzene rings is 1. The van der Waals surface area contributed by atoms with Crippen LogP contribution in [-0.4, -0.2) is 22.4 Å². The first kappa shape index (κ1) is 17.2. The molecule has 0 bridgehead atoms. The number of anilines is 2. The topological polar surface area (TPSA) is 66.9 Å². The van der Waals surface area contributed by atoms with Gasteiger partial charge in [0.05, 0.1) is 0 Å². The molecule has 0 saturated carbocycles. The van der Waals surface area contributed by atoms with Crippen LogP contribution < -0.4 is 10.6 Å². The molecule has 122 valence electrons. The number of aromatic nitrogens is 2. The molecule has 0 unspecified atom stereocenters. The SMILES string of the molecule is Cc1cc(C(=O)NCC(C)C)nc(Nc2cc(Cl)ccc2C)n1. The van der Waals surface area contributed by atoms with E-state index in [4.69, 9.17) is 11.6 Å². The number of carbonyl (C=O) groups excluding carboxylic acids is 1. The fourth-order valence-corrected chi connectivity index (χ4v) is 2.15. The van der Waals surface area contributed by atoms with Crippen LogP contribution in [0.3, 0.4) is 0 Å². The standard InChI is InChI=1S/C17H21ClN4O/c1-10(2)9-19-16(23)15-7-12(4)20-17(22-15)21-14-8-13(18)6-5-11(14)3/h5-8,10H,9H2,1-4H3,(H,19,23)(H,20,21,22). The van der Waals surface area contributed by atoms with Gasteiger partial charge in [-0.2, -0.15) is 0 Å². The molecule has 1 aromatic heterocycles. The molecule has 0 atom stereocenters. The summed E-state index contributed by atoms with van der Waals surface area (Å²) in [4.78, 5) is 20.8. The van der Waals surface area contributed by atoms with E-state index in [0.29, 0.717) is 29.1 Å². The van der Waals surface area contributed by atoms with E-state index >= 15 is 0 Å².